The van der Waals surface area contributed by atoms with Crippen molar-refractivity contribution < 1.29 is 26.7 Å². The number of hydrogen-bond donors (Lipinski definition) is 0. The van der Waals surface area contributed by atoms with Crippen molar-refractivity contribution in [2.75, 3.05) is 0 Å². The Kier molecular flexibility index (Phi) is 6.63. The molecule has 0 saturated carbocycles. The average Bonchev–Trinajstić information content (AvgIpc) is 2.80. The Morgan fingerprint density at radius 3 is 1.97 bits per heavy atom. The summed E-state index contributed by atoms with van der Waals surface area (Å²) < 4.78 is 71.9. The minimum absolute atomic E-state index is 0.0346. The monoisotopic (exact) mass is 456 g/mol. The van der Waals surface area contributed by atoms with E-state index in [9.17, 15) is 17.6 Å². The Hall–Kier alpha value is -3.41. The number of ether oxygens (including phenoxy) is 1. The number of benzene rings is 4. The van der Waals surface area contributed by atoms with Crippen LogP contribution in [0.5, 0.6) is 5.75 Å². The SMILES string of the molecule is CCc1ccc(CCc2ccc3c(F)c(-c4cc(F)c(OC(F)F)c(F)c4)ccc3c2)cc1. The summed E-state index contributed by atoms with van der Waals surface area (Å²) in [6.07, 6.45) is 2.62. The molecule has 0 fully saturated rings. The number of hydrogen-bond acceptors (Lipinski definition) is 1. The van der Waals surface area contributed by atoms with Crippen molar-refractivity contribution in [2.45, 2.75) is 32.8 Å². The van der Waals surface area contributed by atoms with Gasteiger partial charge in [-0.1, -0.05) is 61.5 Å². The van der Waals surface area contributed by atoms with Crippen molar-refractivity contribution in [1.82, 2.24) is 0 Å². The van der Waals surface area contributed by atoms with Crippen LogP contribution >= 0.6 is 0 Å². The van der Waals surface area contributed by atoms with E-state index < -0.39 is 29.8 Å². The van der Waals surface area contributed by atoms with Gasteiger partial charge in [0.2, 0.25) is 0 Å². The zero-order chi connectivity index (χ0) is 23.5. The summed E-state index contributed by atoms with van der Waals surface area (Å²) >= 11 is 0. The number of fused-ring (bicyclic) bond motifs is 1. The highest BCUT2D eigenvalue weighted by Crippen LogP contribution is 2.34. The van der Waals surface area contributed by atoms with Crippen LogP contribution in [0.4, 0.5) is 22.0 Å². The van der Waals surface area contributed by atoms with Crippen molar-refractivity contribution in [3.05, 3.63) is 101 Å². The standard InChI is InChI=1S/C27H21F5O/c1-2-16-3-5-17(6-4-16)7-8-18-9-11-21-19(13-18)10-12-22(25(21)30)20-14-23(28)26(24(29)15-20)33-27(31)32/h3-6,9-15,27H,2,7-8H2,1H3. The molecule has 0 amide bonds. The molecule has 33 heavy (non-hydrogen) atoms. The van der Waals surface area contributed by atoms with E-state index in [1.807, 2.05) is 12.1 Å². The summed E-state index contributed by atoms with van der Waals surface area (Å²) in [6, 6.07) is 18.5. The van der Waals surface area contributed by atoms with Gasteiger partial charge in [-0.15, -0.1) is 0 Å². The molecule has 0 radical (unpaired) electrons. The second kappa shape index (κ2) is 9.61. The van der Waals surface area contributed by atoms with E-state index >= 15 is 4.39 Å². The summed E-state index contributed by atoms with van der Waals surface area (Å²) in [5.41, 5.74) is 3.40. The van der Waals surface area contributed by atoms with Gasteiger partial charge in [-0.05, 0) is 59.0 Å². The predicted molar refractivity (Wildman–Crippen MR) is 119 cm³/mol. The van der Waals surface area contributed by atoms with E-state index in [1.165, 1.54) is 17.2 Å². The molecule has 0 aliphatic carbocycles. The second-order valence-corrected chi connectivity index (χ2v) is 7.80. The van der Waals surface area contributed by atoms with E-state index in [1.54, 1.807) is 12.1 Å². The average molecular weight is 456 g/mol. The molecule has 0 heterocycles. The van der Waals surface area contributed by atoms with Gasteiger partial charge in [0.05, 0.1) is 0 Å². The van der Waals surface area contributed by atoms with Crippen molar-refractivity contribution in [3.8, 4) is 16.9 Å². The molecule has 0 aliphatic rings. The Morgan fingerprint density at radius 1 is 0.727 bits per heavy atom. The fourth-order valence-corrected chi connectivity index (χ4v) is 3.87. The van der Waals surface area contributed by atoms with Crippen LogP contribution in [0, 0.1) is 17.5 Å². The van der Waals surface area contributed by atoms with E-state index in [0.717, 1.165) is 37.0 Å². The van der Waals surface area contributed by atoms with Gasteiger partial charge < -0.3 is 4.74 Å². The third kappa shape index (κ3) is 5.00. The predicted octanol–water partition coefficient (Wildman–Crippen LogP) is 7.87. The van der Waals surface area contributed by atoms with Gasteiger partial charge in [-0.25, -0.2) is 13.2 Å². The van der Waals surface area contributed by atoms with Gasteiger partial charge in [0, 0.05) is 10.9 Å². The van der Waals surface area contributed by atoms with Gasteiger partial charge in [0.15, 0.2) is 17.4 Å². The van der Waals surface area contributed by atoms with Crippen LogP contribution in [0.15, 0.2) is 66.7 Å². The number of rotatable bonds is 7. The molecule has 6 heteroatoms. The first-order valence-corrected chi connectivity index (χ1v) is 10.6. The normalized spacial score (nSPS) is 11.4. The zero-order valence-corrected chi connectivity index (χ0v) is 17.8. The van der Waals surface area contributed by atoms with Crippen LogP contribution in [0.3, 0.4) is 0 Å². The first kappa shape index (κ1) is 22.8. The molecule has 0 saturated heterocycles. The maximum Gasteiger partial charge on any atom is 0.387 e. The molecule has 0 atom stereocenters. The lowest BCUT2D eigenvalue weighted by Gasteiger charge is -2.12. The number of halogens is 5. The number of aryl methyl sites for hydroxylation is 3. The van der Waals surface area contributed by atoms with Gasteiger partial charge >= 0.3 is 6.61 Å². The Morgan fingerprint density at radius 2 is 1.33 bits per heavy atom. The van der Waals surface area contributed by atoms with Crippen molar-refractivity contribution in [1.29, 1.82) is 0 Å². The molecule has 4 rings (SSSR count). The van der Waals surface area contributed by atoms with Gasteiger partial charge in [-0.3, -0.25) is 0 Å². The highest BCUT2D eigenvalue weighted by molar-refractivity contribution is 5.89. The minimum atomic E-state index is -3.37. The molecular formula is C27H21F5O. The summed E-state index contributed by atoms with van der Waals surface area (Å²) in [5, 5.41) is 0.964. The maximum absolute atomic E-state index is 15.2. The molecule has 4 aromatic rings. The summed E-state index contributed by atoms with van der Waals surface area (Å²) in [7, 11) is 0. The third-order valence-electron chi connectivity index (χ3n) is 5.67. The first-order chi connectivity index (χ1) is 15.9. The quantitative estimate of drug-likeness (QED) is 0.257. The summed E-state index contributed by atoms with van der Waals surface area (Å²) in [6.45, 7) is -1.26. The third-order valence-corrected chi connectivity index (χ3v) is 5.67. The fourth-order valence-electron chi connectivity index (χ4n) is 3.87. The minimum Gasteiger partial charge on any atom is -0.429 e. The first-order valence-electron chi connectivity index (χ1n) is 10.6. The Bertz CT molecular complexity index is 1260. The molecule has 1 nitrogen and oxygen atoms in total. The van der Waals surface area contributed by atoms with Gasteiger partial charge in [0.1, 0.15) is 5.82 Å². The molecule has 0 aliphatic heterocycles. The van der Waals surface area contributed by atoms with Crippen molar-refractivity contribution in [3.63, 3.8) is 0 Å². The molecule has 0 N–H and O–H groups in total. The highest BCUT2D eigenvalue weighted by Gasteiger charge is 2.19. The van der Waals surface area contributed by atoms with E-state index in [-0.39, 0.29) is 11.1 Å². The van der Waals surface area contributed by atoms with E-state index in [2.05, 4.69) is 35.9 Å². The molecule has 170 valence electrons. The van der Waals surface area contributed by atoms with E-state index in [0.29, 0.717) is 10.8 Å². The maximum atomic E-state index is 15.2. The van der Waals surface area contributed by atoms with Crippen molar-refractivity contribution >= 4 is 10.8 Å². The van der Waals surface area contributed by atoms with Crippen LogP contribution in [-0.2, 0) is 19.3 Å². The topological polar surface area (TPSA) is 9.23 Å². The molecule has 0 aromatic heterocycles. The van der Waals surface area contributed by atoms with E-state index in [4.69, 9.17) is 0 Å². The second-order valence-electron chi connectivity index (χ2n) is 7.80. The molecule has 0 spiro atoms. The lowest BCUT2D eigenvalue weighted by Crippen LogP contribution is -2.06. The molecule has 4 aromatic carbocycles. The largest absolute Gasteiger partial charge is 0.429 e. The van der Waals surface area contributed by atoms with Crippen LogP contribution in [-0.4, -0.2) is 6.61 Å². The van der Waals surface area contributed by atoms with Crippen LogP contribution < -0.4 is 4.74 Å². The number of alkyl halides is 2. The Labute approximate surface area is 188 Å². The zero-order valence-electron chi connectivity index (χ0n) is 17.8. The lowest BCUT2D eigenvalue weighted by molar-refractivity contribution is -0.0546. The lowest BCUT2D eigenvalue weighted by atomic mass is 9.96. The highest BCUT2D eigenvalue weighted by atomic mass is 19.3. The Balaban J connectivity index is 1.59. The van der Waals surface area contributed by atoms with Crippen LogP contribution in [0.25, 0.3) is 21.9 Å². The molecular weight excluding hydrogens is 435 g/mol. The smallest absolute Gasteiger partial charge is 0.387 e. The molecule has 0 bridgehead atoms. The summed E-state index contributed by atoms with van der Waals surface area (Å²) in [4.78, 5) is 0. The molecule has 0 unspecified atom stereocenters. The van der Waals surface area contributed by atoms with Gasteiger partial charge in [0.25, 0.3) is 0 Å². The van der Waals surface area contributed by atoms with Gasteiger partial charge in [-0.2, -0.15) is 8.78 Å². The summed E-state index contributed by atoms with van der Waals surface area (Å²) in [5.74, 6) is -4.49. The van der Waals surface area contributed by atoms with Crippen LogP contribution in [0.1, 0.15) is 23.6 Å². The van der Waals surface area contributed by atoms with Crippen molar-refractivity contribution in [2.24, 2.45) is 0 Å². The fraction of sp³-hybridized carbons (Fsp3) is 0.185. The van der Waals surface area contributed by atoms with Crippen LogP contribution in [0.2, 0.25) is 0 Å².